The SMILES string of the molecule is O=C(Oc1ccc2c(c1)Oc1cc(OC(=O)c3ccc(C(=O)C4CCCCO4)cc3)ccc1C21OC(=O)c2ccccc21)c1ccc(C(=O)OC2CCCCO2)cc1. The van der Waals surface area contributed by atoms with Crippen LogP contribution in [0.25, 0.3) is 0 Å². The minimum atomic E-state index is -1.43. The predicted octanol–water partition coefficient (Wildman–Crippen LogP) is 8.13. The molecule has 12 nitrogen and oxygen atoms in total. The summed E-state index contributed by atoms with van der Waals surface area (Å²) in [6, 6.07) is 28.7. The van der Waals surface area contributed by atoms with Gasteiger partial charge in [-0.2, -0.15) is 0 Å². The zero-order chi connectivity index (χ0) is 39.8. The second kappa shape index (κ2) is 15.4. The number of benzene rings is 5. The fourth-order valence-corrected chi connectivity index (χ4v) is 7.73. The lowest BCUT2D eigenvalue weighted by Gasteiger charge is -2.36. The quantitative estimate of drug-likeness (QED) is 0.0850. The minimum absolute atomic E-state index is 0.119. The smallest absolute Gasteiger partial charge is 0.343 e. The molecule has 4 aliphatic rings. The lowest BCUT2D eigenvalue weighted by molar-refractivity contribution is -0.131. The molecule has 4 aliphatic heterocycles. The monoisotopic (exact) mass is 780 g/mol. The molecule has 0 amide bonds. The molecule has 12 heteroatoms. The van der Waals surface area contributed by atoms with Gasteiger partial charge in [-0.25, -0.2) is 19.2 Å². The van der Waals surface area contributed by atoms with Crippen molar-refractivity contribution in [3.05, 3.63) is 154 Å². The van der Waals surface area contributed by atoms with E-state index in [1.807, 2.05) is 0 Å². The molecule has 0 saturated carbocycles. The zero-order valence-electron chi connectivity index (χ0n) is 31.1. The lowest BCUT2D eigenvalue weighted by Crippen LogP contribution is -2.33. The number of hydrogen-bond acceptors (Lipinski definition) is 12. The van der Waals surface area contributed by atoms with Crippen LogP contribution in [0.3, 0.4) is 0 Å². The topological polar surface area (TPSA) is 150 Å². The Morgan fingerprint density at radius 3 is 1.69 bits per heavy atom. The molecule has 3 unspecified atom stereocenters. The van der Waals surface area contributed by atoms with Crippen molar-refractivity contribution in [3.63, 3.8) is 0 Å². The first-order valence-corrected chi connectivity index (χ1v) is 19.2. The molecule has 0 aliphatic carbocycles. The van der Waals surface area contributed by atoms with Crippen molar-refractivity contribution >= 4 is 29.7 Å². The highest BCUT2D eigenvalue weighted by atomic mass is 16.7. The van der Waals surface area contributed by atoms with Crippen LogP contribution < -0.4 is 14.2 Å². The first-order chi connectivity index (χ1) is 28.3. The van der Waals surface area contributed by atoms with Crippen LogP contribution >= 0.6 is 0 Å². The van der Waals surface area contributed by atoms with E-state index in [0.29, 0.717) is 53.9 Å². The van der Waals surface area contributed by atoms with E-state index < -0.39 is 41.9 Å². The number of hydrogen-bond donors (Lipinski definition) is 0. The second-order valence-corrected chi connectivity index (χ2v) is 14.4. The standard InChI is InChI=1S/C46H36O12/c47-41(37-9-3-5-23-52-37)27-11-13-28(14-12-27)42(48)54-31-19-21-35-38(25-31)56-39-26-32(20-22-36(39)46(35)34-8-2-1-7-33(34)45(51)58-46)55-43(49)29-15-17-30(18-16-29)44(50)57-40-10-4-6-24-53-40/h1-2,7-8,11-22,25-26,37,40H,3-6,9-10,23-24H2. The highest BCUT2D eigenvalue weighted by Crippen LogP contribution is 2.57. The van der Waals surface area contributed by atoms with Gasteiger partial charge in [0.05, 0.1) is 28.9 Å². The Morgan fingerprint density at radius 2 is 1.12 bits per heavy atom. The van der Waals surface area contributed by atoms with Gasteiger partial charge in [0.15, 0.2) is 11.4 Å². The molecule has 1 spiro atoms. The summed E-state index contributed by atoms with van der Waals surface area (Å²) in [7, 11) is 0. The van der Waals surface area contributed by atoms with Gasteiger partial charge in [-0.15, -0.1) is 0 Å². The van der Waals surface area contributed by atoms with Gasteiger partial charge in [-0.05, 0) is 98.8 Å². The van der Waals surface area contributed by atoms with Gasteiger partial charge >= 0.3 is 23.9 Å². The molecule has 2 fully saturated rings. The average Bonchev–Trinajstić information content (AvgIpc) is 3.55. The van der Waals surface area contributed by atoms with E-state index in [1.54, 1.807) is 60.7 Å². The Labute approximate surface area is 332 Å². The van der Waals surface area contributed by atoms with Crippen LogP contribution in [0.1, 0.15) is 107 Å². The van der Waals surface area contributed by atoms with Gasteiger partial charge in [0.25, 0.3) is 0 Å². The van der Waals surface area contributed by atoms with Crippen LogP contribution in [0.5, 0.6) is 23.0 Å². The molecule has 5 aromatic rings. The Balaban J connectivity index is 0.962. The van der Waals surface area contributed by atoms with Gasteiger partial charge in [0.1, 0.15) is 29.1 Å². The molecular weight excluding hydrogens is 744 g/mol. The van der Waals surface area contributed by atoms with Crippen molar-refractivity contribution in [2.45, 2.75) is 56.5 Å². The van der Waals surface area contributed by atoms with Gasteiger partial charge in [-0.3, -0.25) is 4.79 Å². The number of rotatable bonds is 8. The van der Waals surface area contributed by atoms with Crippen LogP contribution in [-0.2, 0) is 24.5 Å². The van der Waals surface area contributed by atoms with E-state index in [0.717, 1.165) is 25.7 Å². The molecule has 4 heterocycles. The normalized spacial score (nSPS) is 20.4. The van der Waals surface area contributed by atoms with Crippen LogP contribution in [0.15, 0.2) is 109 Å². The third-order valence-corrected chi connectivity index (χ3v) is 10.7. The fraction of sp³-hybridized carbons (Fsp3) is 0.239. The lowest BCUT2D eigenvalue weighted by atomic mass is 9.77. The van der Waals surface area contributed by atoms with Crippen molar-refractivity contribution in [2.75, 3.05) is 13.2 Å². The molecule has 0 aromatic heterocycles. The van der Waals surface area contributed by atoms with Crippen LogP contribution in [0.4, 0.5) is 0 Å². The molecule has 0 radical (unpaired) electrons. The maximum Gasteiger partial charge on any atom is 0.343 e. The van der Waals surface area contributed by atoms with Crippen LogP contribution in [-0.4, -0.2) is 55.3 Å². The Hall–Kier alpha value is -6.63. The van der Waals surface area contributed by atoms with E-state index in [4.69, 9.17) is 33.2 Å². The first-order valence-electron chi connectivity index (χ1n) is 19.2. The molecule has 9 rings (SSSR count). The molecule has 0 bridgehead atoms. The number of Topliss-reactive ketones (excluding diaryl/α,β-unsaturated/α-hetero) is 1. The van der Waals surface area contributed by atoms with E-state index in [2.05, 4.69) is 0 Å². The zero-order valence-corrected chi connectivity index (χ0v) is 31.1. The predicted molar refractivity (Wildman–Crippen MR) is 204 cm³/mol. The van der Waals surface area contributed by atoms with Crippen molar-refractivity contribution in [2.24, 2.45) is 0 Å². The summed E-state index contributed by atoms with van der Waals surface area (Å²) in [6.45, 7) is 1.09. The summed E-state index contributed by atoms with van der Waals surface area (Å²) >= 11 is 0. The first kappa shape index (κ1) is 37.0. The number of fused-ring (bicyclic) bond motifs is 6. The van der Waals surface area contributed by atoms with Gasteiger partial charge < -0.3 is 33.2 Å². The molecular formula is C46H36O12. The molecule has 5 aromatic carbocycles. The highest BCUT2D eigenvalue weighted by molar-refractivity contribution is 6.01. The third kappa shape index (κ3) is 6.90. The van der Waals surface area contributed by atoms with E-state index in [1.165, 1.54) is 48.5 Å². The van der Waals surface area contributed by atoms with E-state index in [-0.39, 0.29) is 45.5 Å². The summed E-state index contributed by atoms with van der Waals surface area (Å²) < 4.78 is 40.7. The third-order valence-electron chi connectivity index (χ3n) is 10.7. The molecule has 2 saturated heterocycles. The Kier molecular flexibility index (Phi) is 9.80. The molecule has 292 valence electrons. The number of ether oxygens (including phenoxy) is 7. The van der Waals surface area contributed by atoms with Crippen LogP contribution in [0.2, 0.25) is 0 Å². The number of carbonyl (C=O) groups excluding carboxylic acids is 5. The Morgan fingerprint density at radius 1 is 0.569 bits per heavy atom. The van der Waals surface area contributed by atoms with Gasteiger partial charge in [0, 0.05) is 47.4 Å². The number of carbonyl (C=O) groups is 5. The second-order valence-electron chi connectivity index (χ2n) is 14.4. The van der Waals surface area contributed by atoms with Crippen molar-refractivity contribution < 1.29 is 57.1 Å². The summed E-state index contributed by atoms with van der Waals surface area (Å²) in [5.74, 6) is -1.79. The van der Waals surface area contributed by atoms with E-state index in [9.17, 15) is 24.0 Å². The minimum Gasteiger partial charge on any atom is -0.456 e. The maximum atomic E-state index is 13.4. The van der Waals surface area contributed by atoms with Crippen molar-refractivity contribution in [3.8, 4) is 23.0 Å². The van der Waals surface area contributed by atoms with Gasteiger partial charge in [-0.1, -0.05) is 30.3 Å². The number of ketones is 1. The van der Waals surface area contributed by atoms with Gasteiger partial charge in [0.2, 0.25) is 6.29 Å². The molecule has 58 heavy (non-hydrogen) atoms. The molecule has 3 atom stereocenters. The number of esters is 4. The van der Waals surface area contributed by atoms with Crippen molar-refractivity contribution in [1.82, 2.24) is 0 Å². The highest BCUT2D eigenvalue weighted by Gasteiger charge is 2.53. The summed E-state index contributed by atoms with van der Waals surface area (Å²) in [4.78, 5) is 65.5. The Bertz CT molecular complexity index is 2440. The summed E-state index contributed by atoms with van der Waals surface area (Å²) in [5, 5.41) is 0. The van der Waals surface area contributed by atoms with Crippen LogP contribution in [0, 0.1) is 0 Å². The van der Waals surface area contributed by atoms with Crippen molar-refractivity contribution in [1.29, 1.82) is 0 Å². The fourth-order valence-electron chi connectivity index (χ4n) is 7.73. The molecule has 0 N–H and O–H groups in total. The maximum absolute atomic E-state index is 13.4. The van der Waals surface area contributed by atoms with E-state index >= 15 is 0 Å². The summed E-state index contributed by atoms with van der Waals surface area (Å²) in [5.41, 5.74) is 1.65. The average molecular weight is 781 g/mol. The largest absolute Gasteiger partial charge is 0.456 e. The summed E-state index contributed by atoms with van der Waals surface area (Å²) in [6.07, 6.45) is 3.92.